The highest BCUT2D eigenvalue weighted by Crippen LogP contribution is 2.58. The Labute approximate surface area is 311 Å². The van der Waals surface area contributed by atoms with Crippen molar-refractivity contribution in [2.24, 2.45) is 11.3 Å². The van der Waals surface area contributed by atoms with Gasteiger partial charge in [-0.1, -0.05) is 25.0 Å². The second kappa shape index (κ2) is 13.8. The predicted molar refractivity (Wildman–Crippen MR) is 202 cm³/mol. The van der Waals surface area contributed by atoms with Gasteiger partial charge in [0.05, 0.1) is 5.69 Å². The molecule has 9 nitrogen and oxygen atoms in total. The Morgan fingerprint density at radius 3 is 2.34 bits per heavy atom. The van der Waals surface area contributed by atoms with E-state index < -0.39 is 6.04 Å². The number of aryl methyl sites for hydroxylation is 1. The molecular formula is C43H50FN5O4. The number of rotatable bonds is 6. The van der Waals surface area contributed by atoms with Crippen molar-refractivity contribution >= 4 is 29.1 Å². The smallest absolute Gasteiger partial charge is 0.255 e. The number of fused-ring (bicyclic) bond motifs is 2. The largest absolute Gasteiger partial charge is 0.508 e. The van der Waals surface area contributed by atoms with Crippen LogP contribution in [0.5, 0.6) is 5.75 Å². The molecule has 2 N–H and O–H groups in total. The van der Waals surface area contributed by atoms with E-state index in [4.69, 9.17) is 0 Å². The number of phenolic OH excluding ortho intramolecular Hbond substituents is 1. The Balaban J connectivity index is 0.787. The maximum absolute atomic E-state index is 16.0. The average Bonchev–Trinajstić information content (AvgIpc) is 3.76. The molecule has 1 saturated carbocycles. The number of hydrogen-bond donors (Lipinski definition) is 2. The molecule has 6 aliphatic rings. The molecule has 0 aromatic heterocycles. The fourth-order valence-corrected chi connectivity index (χ4v) is 10.7. The van der Waals surface area contributed by atoms with Crippen LogP contribution < -0.4 is 15.1 Å². The first-order valence-corrected chi connectivity index (χ1v) is 19.9. The monoisotopic (exact) mass is 719 g/mol. The first-order valence-electron chi connectivity index (χ1n) is 19.9. The molecule has 10 heteroatoms. The number of carbonyl (C=O) groups is 3. The van der Waals surface area contributed by atoms with Crippen LogP contribution in [0, 0.1) is 17.2 Å². The Hall–Kier alpha value is -4.44. The summed E-state index contributed by atoms with van der Waals surface area (Å²) in [4.78, 5) is 46.0. The van der Waals surface area contributed by atoms with Gasteiger partial charge in [0.1, 0.15) is 17.6 Å². The average molecular weight is 720 g/mol. The number of nitrogens with one attached hydrogen (secondary N) is 1. The molecule has 0 bridgehead atoms. The van der Waals surface area contributed by atoms with E-state index in [1.807, 2.05) is 30.3 Å². The second-order valence-electron chi connectivity index (χ2n) is 16.6. The van der Waals surface area contributed by atoms with Crippen LogP contribution in [0.4, 0.5) is 15.8 Å². The minimum absolute atomic E-state index is 0.115. The van der Waals surface area contributed by atoms with Gasteiger partial charge in [-0.2, -0.15) is 0 Å². The predicted octanol–water partition coefficient (Wildman–Crippen LogP) is 5.97. The summed E-state index contributed by atoms with van der Waals surface area (Å²) in [6, 6.07) is 17.2. The van der Waals surface area contributed by atoms with Crippen molar-refractivity contribution in [3.8, 4) is 5.75 Å². The summed E-state index contributed by atoms with van der Waals surface area (Å²) in [5, 5.41) is 12.6. The molecule has 4 aliphatic heterocycles. The lowest BCUT2D eigenvalue weighted by molar-refractivity contribution is -0.136. The van der Waals surface area contributed by atoms with Crippen LogP contribution in [-0.2, 0) is 22.6 Å². The fourth-order valence-electron chi connectivity index (χ4n) is 10.7. The van der Waals surface area contributed by atoms with Gasteiger partial charge in [0, 0.05) is 75.9 Å². The Morgan fingerprint density at radius 2 is 1.58 bits per heavy atom. The highest BCUT2D eigenvalue weighted by Gasteiger charge is 2.46. The third-order valence-corrected chi connectivity index (χ3v) is 13.6. The Morgan fingerprint density at radius 1 is 0.792 bits per heavy atom. The van der Waals surface area contributed by atoms with E-state index in [-0.39, 0.29) is 41.3 Å². The zero-order valence-corrected chi connectivity index (χ0v) is 30.5. The molecule has 278 valence electrons. The standard InChI is InChI=1S/C43H50FN5O4/c44-36-25-30(40-34-7-5-33(50)24-29(34)11-16-43(40)14-1-2-15-43)3-8-37(36)48-17-12-28(13-18-48)26-46-19-21-47(22-20-46)32-4-6-35-31(23-32)27-49(42(35)53)38-9-10-39(51)45-41(38)52/h3-8,23-25,28,38,40,50H,1-2,9-22,26-27H2,(H,45,51,52)/t38-,40+/m0/s1. The summed E-state index contributed by atoms with van der Waals surface area (Å²) >= 11 is 0. The lowest BCUT2D eigenvalue weighted by Gasteiger charge is -2.43. The minimum atomic E-state index is -0.599. The van der Waals surface area contributed by atoms with E-state index in [1.165, 1.54) is 36.8 Å². The molecule has 4 heterocycles. The van der Waals surface area contributed by atoms with Crippen LogP contribution in [0.3, 0.4) is 0 Å². The highest BCUT2D eigenvalue weighted by molar-refractivity contribution is 6.05. The normalized spacial score (nSPS) is 24.8. The third kappa shape index (κ3) is 6.36. The SMILES string of the molecule is O=C1CC[C@H](N2Cc3cc(N4CCN(CC5CCN(c6ccc([C@@H]7c8ccc(O)cc8CCC78CCCC8)cc6F)CC5)CC4)ccc3C2=O)C(=O)N1. The topological polar surface area (TPSA) is 96.4 Å². The molecule has 0 unspecified atom stereocenters. The van der Waals surface area contributed by atoms with Crippen LogP contribution in [0.25, 0.3) is 0 Å². The van der Waals surface area contributed by atoms with Crippen molar-refractivity contribution in [2.45, 2.75) is 82.7 Å². The van der Waals surface area contributed by atoms with E-state index in [0.717, 1.165) is 94.0 Å². The van der Waals surface area contributed by atoms with Crippen LogP contribution in [0.1, 0.15) is 96.3 Å². The lowest BCUT2D eigenvalue weighted by atomic mass is 9.60. The van der Waals surface area contributed by atoms with E-state index in [1.54, 1.807) is 11.0 Å². The van der Waals surface area contributed by atoms with E-state index in [0.29, 0.717) is 30.2 Å². The molecule has 3 aromatic rings. The van der Waals surface area contributed by atoms with Gasteiger partial charge in [0.25, 0.3) is 5.91 Å². The first-order chi connectivity index (χ1) is 25.7. The minimum Gasteiger partial charge on any atom is -0.508 e. The highest BCUT2D eigenvalue weighted by atomic mass is 19.1. The molecule has 53 heavy (non-hydrogen) atoms. The number of piperidine rings is 2. The molecule has 3 amide bonds. The summed E-state index contributed by atoms with van der Waals surface area (Å²) in [7, 11) is 0. The molecule has 3 saturated heterocycles. The second-order valence-corrected chi connectivity index (χ2v) is 16.6. The molecular weight excluding hydrogens is 670 g/mol. The summed E-state index contributed by atoms with van der Waals surface area (Å²) in [6.45, 7) is 6.94. The van der Waals surface area contributed by atoms with Gasteiger partial charge < -0.3 is 19.8 Å². The van der Waals surface area contributed by atoms with Crippen molar-refractivity contribution in [2.75, 3.05) is 55.6 Å². The quantitative estimate of drug-likeness (QED) is 0.304. The Bertz CT molecular complexity index is 1930. The van der Waals surface area contributed by atoms with Gasteiger partial charge >= 0.3 is 0 Å². The van der Waals surface area contributed by atoms with E-state index in [9.17, 15) is 19.5 Å². The van der Waals surface area contributed by atoms with Crippen molar-refractivity contribution in [3.63, 3.8) is 0 Å². The number of halogens is 1. The van der Waals surface area contributed by atoms with Gasteiger partial charge in [0.2, 0.25) is 11.8 Å². The molecule has 9 rings (SSSR count). The zero-order valence-electron chi connectivity index (χ0n) is 30.5. The number of phenols is 1. The maximum Gasteiger partial charge on any atom is 0.255 e. The first kappa shape index (κ1) is 34.3. The van der Waals surface area contributed by atoms with Gasteiger partial charge in [-0.05, 0) is 121 Å². The number of nitrogens with zero attached hydrogens (tertiary/aromatic N) is 4. The zero-order chi connectivity index (χ0) is 36.3. The summed E-state index contributed by atoms with van der Waals surface area (Å²) in [5.74, 6) is 0.161. The number of piperazine rings is 1. The molecule has 1 spiro atoms. The Kier molecular flexibility index (Phi) is 8.91. The van der Waals surface area contributed by atoms with Gasteiger partial charge in [0.15, 0.2) is 0 Å². The number of hydrogen-bond acceptors (Lipinski definition) is 7. The number of carbonyl (C=O) groups excluding carboxylic acids is 3. The number of anilines is 2. The van der Waals surface area contributed by atoms with Crippen LogP contribution in [0.2, 0.25) is 0 Å². The van der Waals surface area contributed by atoms with Crippen LogP contribution >= 0.6 is 0 Å². The van der Waals surface area contributed by atoms with Crippen molar-refractivity contribution in [1.29, 1.82) is 0 Å². The molecule has 3 aromatic carbocycles. The van der Waals surface area contributed by atoms with Crippen molar-refractivity contribution in [1.82, 2.24) is 15.1 Å². The number of imide groups is 1. The molecule has 0 radical (unpaired) electrons. The summed E-state index contributed by atoms with van der Waals surface area (Å²) in [6.07, 6.45) is 9.65. The molecule has 2 atom stereocenters. The number of aromatic hydroxyl groups is 1. The van der Waals surface area contributed by atoms with Crippen molar-refractivity contribution < 1.29 is 23.9 Å². The summed E-state index contributed by atoms with van der Waals surface area (Å²) in [5.41, 5.74) is 7.16. The molecule has 4 fully saturated rings. The van der Waals surface area contributed by atoms with Crippen LogP contribution in [0.15, 0.2) is 54.6 Å². The van der Waals surface area contributed by atoms with Crippen LogP contribution in [-0.4, -0.2) is 84.5 Å². The lowest BCUT2D eigenvalue weighted by Crippen LogP contribution is -2.52. The molecule has 2 aliphatic carbocycles. The number of amides is 3. The summed E-state index contributed by atoms with van der Waals surface area (Å²) < 4.78 is 16.0. The van der Waals surface area contributed by atoms with Gasteiger partial charge in [-0.15, -0.1) is 0 Å². The van der Waals surface area contributed by atoms with Gasteiger partial charge in [-0.3, -0.25) is 24.6 Å². The van der Waals surface area contributed by atoms with E-state index >= 15 is 4.39 Å². The van der Waals surface area contributed by atoms with Gasteiger partial charge in [-0.25, -0.2) is 4.39 Å². The van der Waals surface area contributed by atoms with Crippen molar-refractivity contribution in [3.05, 3.63) is 88.2 Å². The number of benzene rings is 3. The van der Waals surface area contributed by atoms with E-state index in [2.05, 4.69) is 38.2 Å². The fraction of sp³-hybridized carbons (Fsp3) is 0.512. The third-order valence-electron chi connectivity index (χ3n) is 13.6. The maximum atomic E-state index is 16.0.